The Kier molecular flexibility index (Phi) is 10.7. The number of ether oxygens (including phenoxy) is 1. The quantitative estimate of drug-likeness (QED) is 0.275. The number of methoxy groups -OCH3 is 1. The summed E-state index contributed by atoms with van der Waals surface area (Å²) in [6.07, 6.45) is 5.62. The van der Waals surface area contributed by atoms with Crippen molar-refractivity contribution in [2.45, 2.75) is 78.3 Å². The van der Waals surface area contributed by atoms with Crippen molar-refractivity contribution in [3.05, 3.63) is 72.3 Å². The highest BCUT2D eigenvalue weighted by Gasteiger charge is 2.51. The molecule has 39 heavy (non-hydrogen) atoms. The van der Waals surface area contributed by atoms with Crippen molar-refractivity contribution in [3.8, 4) is 0 Å². The number of rotatable bonds is 12. The smallest absolute Gasteiger partial charge is 0.333 e. The number of esters is 1. The topological polar surface area (TPSA) is 64.6 Å². The van der Waals surface area contributed by atoms with E-state index in [1.165, 1.54) is 17.5 Å². The highest BCUT2D eigenvalue weighted by Crippen LogP contribution is 2.41. The molecule has 0 bridgehead atoms. The van der Waals surface area contributed by atoms with E-state index < -0.39 is 8.32 Å². The van der Waals surface area contributed by atoms with Gasteiger partial charge in [0.15, 0.2) is 0 Å². The van der Waals surface area contributed by atoms with Crippen molar-refractivity contribution in [3.63, 3.8) is 0 Å². The molecule has 0 heterocycles. The standard InChI is InChI=1S/C33H47NO4Si/c1-8-25(9-2)20-31(34-24(3)35)30-22-26(32(36)37-7)21-27(30)23-38-39(33(4,5)6,28-16-12-10-13-17-28)29-18-14-11-15-19-29/h10-19,21,25,27,30-31H,8-9,20,22-23H2,1-7H3,(H,34,35)/t27-,30+,31-/m0/s1. The summed E-state index contributed by atoms with van der Waals surface area (Å²) in [7, 11) is -1.32. The fraction of sp³-hybridized carbons (Fsp3) is 0.515. The van der Waals surface area contributed by atoms with Crippen molar-refractivity contribution in [1.29, 1.82) is 0 Å². The zero-order valence-corrected chi connectivity index (χ0v) is 25.8. The monoisotopic (exact) mass is 549 g/mol. The second-order valence-electron chi connectivity index (χ2n) is 11.9. The number of nitrogens with one attached hydrogen (secondary N) is 1. The first-order valence-corrected chi connectivity index (χ1v) is 16.3. The van der Waals surface area contributed by atoms with Crippen LogP contribution in [0.25, 0.3) is 0 Å². The Morgan fingerprint density at radius 2 is 1.51 bits per heavy atom. The van der Waals surface area contributed by atoms with Crippen LogP contribution in [0.5, 0.6) is 0 Å². The normalized spacial score (nSPS) is 18.5. The van der Waals surface area contributed by atoms with Crippen LogP contribution < -0.4 is 15.7 Å². The van der Waals surface area contributed by atoms with Gasteiger partial charge in [-0.25, -0.2) is 4.79 Å². The number of amides is 1. The molecule has 3 rings (SSSR count). The Labute approximate surface area is 236 Å². The Morgan fingerprint density at radius 3 is 1.95 bits per heavy atom. The molecule has 0 radical (unpaired) electrons. The highest BCUT2D eigenvalue weighted by atomic mass is 28.4. The summed E-state index contributed by atoms with van der Waals surface area (Å²) >= 11 is 0. The third-order valence-corrected chi connectivity index (χ3v) is 13.4. The van der Waals surface area contributed by atoms with Crippen LogP contribution in [0, 0.1) is 17.8 Å². The summed E-state index contributed by atoms with van der Waals surface area (Å²) in [5.74, 6) is 0.206. The van der Waals surface area contributed by atoms with E-state index >= 15 is 0 Å². The molecule has 1 amide bonds. The molecule has 1 N–H and O–H groups in total. The Hall–Kier alpha value is -2.70. The second-order valence-corrected chi connectivity index (χ2v) is 16.2. The van der Waals surface area contributed by atoms with Crippen LogP contribution in [0.3, 0.4) is 0 Å². The van der Waals surface area contributed by atoms with Gasteiger partial charge in [0.1, 0.15) is 0 Å². The lowest BCUT2D eigenvalue weighted by atomic mass is 9.82. The molecule has 2 aromatic rings. The first kappa shape index (κ1) is 30.8. The molecule has 0 aliphatic heterocycles. The Morgan fingerprint density at radius 1 is 0.974 bits per heavy atom. The van der Waals surface area contributed by atoms with Crippen LogP contribution in [0.4, 0.5) is 0 Å². The maximum atomic E-state index is 12.7. The van der Waals surface area contributed by atoms with E-state index in [0.717, 1.165) is 19.3 Å². The minimum Gasteiger partial charge on any atom is -0.466 e. The van der Waals surface area contributed by atoms with Gasteiger partial charge in [-0.15, -0.1) is 0 Å². The van der Waals surface area contributed by atoms with Gasteiger partial charge < -0.3 is 14.5 Å². The summed E-state index contributed by atoms with van der Waals surface area (Å²) in [6.45, 7) is 13.3. The van der Waals surface area contributed by atoms with Gasteiger partial charge >= 0.3 is 5.97 Å². The van der Waals surface area contributed by atoms with Gasteiger partial charge in [0.25, 0.3) is 8.32 Å². The molecule has 1 aliphatic carbocycles. The summed E-state index contributed by atoms with van der Waals surface area (Å²) in [5.41, 5.74) is 0.679. The summed E-state index contributed by atoms with van der Waals surface area (Å²) < 4.78 is 12.4. The molecule has 3 atom stereocenters. The molecule has 1 aliphatic rings. The lowest BCUT2D eigenvalue weighted by molar-refractivity contribution is -0.136. The lowest BCUT2D eigenvalue weighted by Crippen LogP contribution is -2.67. The number of hydrogen-bond acceptors (Lipinski definition) is 4. The average molecular weight is 550 g/mol. The van der Waals surface area contributed by atoms with Gasteiger partial charge in [-0.2, -0.15) is 0 Å². The molecule has 0 saturated heterocycles. The van der Waals surface area contributed by atoms with E-state index in [1.54, 1.807) is 6.92 Å². The predicted molar refractivity (Wildman–Crippen MR) is 162 cm³/mol. The fourth-order valence-electron chi connectivity index (χ4n) is 6.32. The van der Waals surface area contributed by atoms with Crippen LogP contribution in [0.1, 0.15) is 67.2 Å². The van der Waals surface area contributed by atoms with Gasteiger partial charge in [0, 0.05) is 31.1 Å². The van der Waals surface area contributed by atoms with Crippen molar-refractivity contribution >= 4 is 30.6 Å². The van der Waals surface area contributed by atoms with Crippen LogP contribution in [0.15, 0.2) is 72.3 Å². The molecule has 0 fully saturated rings. The Balaban J connectivity index is 2.05. The van der Waals surface area contributed by atoms with E-state index in [-0.39, 0.29) is 34.8 Å². The summed E-state index contributed by atoms with van der Waals surface area (Å²) in [4.78, 5) is 25.0. The van der Waals surface area contributed by atoms with Crippen molar-refractivity contribution < 1.29 is 18.8 Å². The van der Waals surface area contributed by atoms with Gasteiger partial charge in [-0.1, -0.05) is 114 Å². The zero-order chi connectivity index (χ0) is 28.6. The fourth-order valence-corrected chi connectivity index (χ4v) is 10.9. The molecular weight excluding hydrogens is 502 g/mol. The molecule has 0 aromatic heterocycles. The van der Waals surface area contributed by atoms with Crippen LogP contribution in [-0.2, 0) is 18.8 Å². The van der Waals surface area contributed by atoms with E-state index in [1.807, 2.05) is 12.1 Å². The molecule has 6 heteroatoms. The number of carbonyl (C=O) groups excluding carboxylic acids is 2. The molecule has 2 aromatic carbocycles. The van der Waals surface area contributed by atoms with Gasteiger partial charge in [-0.05, 0) is 40.1 Å². The zero-order valence-electron chi connectivity index (χ0n) is 24.8. The van der Waals surface area contributed by atoms with Crippen molar-refractivity contribution in [1.82, 2.24) is 5.32 Å². The molecule has 0 saturated carbocycles. The van der Waals surface area contributed by atoms with Crippen LogP contribution in [-0.4, -0.2) is 40.0 Å². The van der Waals surface area contributed by atoms with Gasteiger partial charge in [-0.3, -0.25) is 4.79 Å². The molecule has 0 spiro atoms. The minimum atomic E-state index is -2.75. The number of hydrogen-bond donors (Lipinski definition) is 1. The molecule has 5 nitrogen and oxygen atoms in total. The van der Waals surface area contributed by atoms with E-state index in [2.05, 4.69) is 94.5 Å². The van der Waals surface area contributed by atoms with Crippen LogP contribution >= 0.6 is 0 Å². The van der Waals surface area contributed by atoms with E-state index in [4.69, 9.17) is 9.16 Å². The third-order valence-electron chi connectivity index (χ3n) is 8.42. The maximum Gasteiger partial charge on any atom is 0.333 e. The minimum absolute atomic E-state index is 0.0213. The van der Waals surface area contributed by atoms with Crippen molar-refractivity contribution in [2.75, 3.05) is 13.7 Å². The van der Waals surface area contributed by atoms with E-state index in [0.29, 0.717) is 24.5 Å². The molecular formula is C33H47NO4Si. The molecule has 0 unspecified atom stereocenters. The maximum absolute atomic E-state index is 12.7. The first-order chi connectivity index (χ1) is 18.6. The first-order valence-electron chi connectivity index (χ1n) is 14.4. The van der Waals surface area contributed by atoms with E-state index in [9.17, 15) is 9.59 Å². The summed E-state index contributed by atoms with van der Waals surface area (Å²) in [5, 5.41) is 5.56. The lowest BCUT2D eigenvalue weighted by Gasteiger charge is -2.44. The average Bonchev–Trinajstić information content (AvgIpc) is 3.35. The van der Waals surface area contributed by atoms with Crippen molar-refractivity contribution in [2.24, 2.45) is 17.8 Å². The SMILES string of the molecule is CCC(CC)C[C@H](NC(C)=O)[C@@H]1CC(C(=O)OC)=C[C@H]1CO[Si](c1ccccc1)(c1ccccc1)C(C)(C)C. The highest BCUT2D eigenvalue weighted by molar-refractivity contribution is 6.99. The summed E-state index contributed by atoms with van der Waals surface area (Å²) in [6, 6.07) is 21.2. The largest absolute Gasteiger partial charge is 0.466 e. The third kappa shape index (κ3) is 7.09. The predicted octanol–water partition coefficient (Wildman–Crippen LogP) is 5.63. The molecule has 212 valence electrons. The Bertz CT molecular complexity index is 1070. The van der Waals surface area contributed by atoms with Gasteiger partial charge in [0.05, 0.1) is 7.11 Å². The van der Waals surface area contributed by atoms with Gasteiger partial charge in [0.2, 0.25) is 5.91 Å². The number of benzene rings is 2. The number of carbonyl (C=O) groups is 2. The second kappa shape index (κ2) is 13.6. The van der Waals surface area contributed by atoms with Crippen LogP contribution in [0.2, 0.25) is 5.04 Å².